The zero-order valence-corrected chi connectivity index (χ0v) is 16.8. The lowest BCUT2D eigenvalue weighted by molar-refractivity contribution is 0.296. The van der Waals surface area contributed by atoms with Crippen LogP contribution in [0.4, 0.5) is 0 Å². The summed E-state index contributed by atoms with van der Waals surface area (Å²) in [5.74, 6) is 1.89. The van der Waals surface area contributed by atoms with Crippen molar-refractivity contribution in [2.24, 2.45) is 0 Å². The smallest absolute Gasteiger partial charge is 0.243 e. The summed E-state index contributed by atoms with van der Waals surface area (Å²) in [6, 6.07) is 12.4. The standard InChI is InChI=1S/C21H25NO5S/c1-2-25-17-8-6-16(7-9-17)19-5-3-12-22(19)28(23,24)18-10-11-20-21(15-18)27-14-4-13-26-20/h6-11,15,19H,2-5,12-14H2,1H3. The minimum absolute atomic E-state index is 0.170. The average molecular weight is 404 g/mol. The minimum atomic E-state index is -3.64. The third kappa shape index (κ3) is 3.69. The number of sulfonamides is 1. The highest BCUT2D eigenvalue weighted by Crippen LogP contribution is 2.39. The van der Waals surface area contributed by atoms with E-state index in [0.717, 1.165) is 30.6 Å². The number of hydrogen-bond acceptors (Lipinski definition) is 5. The highest BCUT2D eigenvalue weighted by molar-refractivity contribution is 7.89. The molecule has 0 N–H and O–H groups in total. The van der Waals surface area contributed by atoms with E-state index in [0.29, 0.717) is 37.9 Å². The van der Waals surface area contributed by atoms with Crippen molar-refractivity contribution in [3.8, 4) is 17.2 Å². The lowest BCUT2D eigenvalue weighted by Gasteiger charge is -2.25. The van der Waals surface area contributed by atoms with Crippen molar-refractivity contribution in [2.75, 3.05) is 26.4 Å². The van der Waals surface area contributed by atoms with Crippen LogP contribution in [0.2, 0.25) is 0 Å². The van der Waals surface area contributed by atoms with Gasteiger partial charge < -0.3 is 14.2 Å². The van der Waals surface area contributed by atoms with Gasteiger partial charge in [0.15, 0.2) is 11.5 Å². The Morgan fingerprint density at radius 3 is 2.54 bits per heavy atom. The molecule has 2 heterocycles. The van der Waals surface area contributed by atoms with Crippen LogP contribution in [0.5, 0.6) is 17.2 Å². The van der Waals surface area contributed by atoms with Crippen LogP contribution >= 0.6 is 0 Å². The molecule has 0 aliphatic carbocycles. The van der Waals surface area contributed by atoms with Crippen molar-refractivity contribution < 1.29 is 22.6 Å². The molecule has 0 bridgehead atoms. The lowest BCUT2D eigenvalue weighted by Crippen LogP contribution is -2.30. The Kier molecular flexibility index (Phi) is 5.46. The first kappa shape index (κ1) is 19.1. The normalized spacial score (nSPS) is 20.0. The number of fused-ring (bicyclic) bond motifs is 1. The second-order valence-corrected chi connectivity index (χ2v) is 8.83. The van der Waals surface area contributed by atoms with E-state index in [1.54, 1.807) is 22.5 Å². The third-order valence-electron chi connectivity index (χ3n) is 5.11. The Bertz CT molecular complexity index is 926. The summed E-state index contributed by atoms with van der Waals surface area (Å²) >= 11 is 0. The molecule has 2 aliphatic heterocycles. The number of ether oxygens (including phenoxy) is 3. The first-order valence-corrected chi connectivity index (χ1v) is 11.2. The summed E-state index contributed by atoms with van der Waals surface area (Å²) in [4.78, 5) is 0.245. The van der Waals surface area contributed by atoms with Crippen molar-refractivity contribution in [1.29, 1.82) is 0 Å². The largest absolute Gasteiger partial charge is 0.494 e. The maximum Gasteiger partial charge on any atom is 0.243 e. The summed E-state index contributed by atoms with van der Waals surface area (Å²) in [6.45, 7) is 4.15. The fraction of sp³-hybridized carbons (Fsp3) is 0.429. The Morgan fingerprint density at radius 2 is 1.79 bits per heavy atom. The monoisotopic (exact) mass is 403 g/mol. The fourth-order valence-electron chi connectivity index (χ4n) is 3.75. The van der Waals surface area contributed by atoms with E-state index in [-0.39, 0.29) is 10.9 Å². The number of rotatable bonds is 5. The molecular formula is C21H25NO5S. The van der Waals surface area contributed by atoms with Gasteiger partial charge >= 0.3 is 0 Å². The molecule has 0 aromatic heterocycles. The van der Waals surface area contributed by atoms with Crippen LogP contribution in [-0.4, -0.2) is 39.1 Å². The van der Waals surface area contributed by atoms with E-state index in [9.17, 15) is 8.42 Å². The van der Waals surface area contributed by atoms with E-state index in [1.165, 1.54) is 0 Å². The van der Waals surface area contributed by atoms with Gasteiger partial charge in [0, 0.05) is 19.0 Å². The maximum absolute atomic E-state index is 13.4. The van der Waals surface area contributed by atoms with Crippen molar-refractivity contribution in [1.82, 2.24) is 4.31 Å². The lowest BCUT2D eigenvalue weighted by atomic mass is 10.1. The molecule has 2 aromatic carbocycles. The highest BCUT2D eigenvalue weighted by Gasteiger charge is 2.36. The SMILES string of the molecule is CCOc1ccc(C2CCCN2S(=O)(=O)c2ccc3c(c2)OCCCO3)cc1. The Labute approximate surface area is 166 Å². The molecule has 0 radical (unpaired) electrons. The molecule has 1 saturated heterocycles. The highest BCUT2D eigenvalue weighted by atomic mass is 32.2. The summed E-state index contributed by atoms with van der Waals surface area (Å²) in [5.41, 5.74) is 0.985. The van der Waals surface area contributed by atoms with Crippen LogP contribution in [0.15, 0.2) is 47.4 Å². The van der Waals surface area contributed by atoms with E-state index in [1.807, 2.05) is 31.2 Å². The van der Waals surface area contributed by atoms with Gasteiger partial charge in [-0.2, -0.15) is 4.31 Å². The van der Waals surface area contributed by atoms with Gasteiger partial charge in [-0.05, 0) is 49.6 Å². The molecule has 7 heteroatoms. The van der Waals surface area contributed by atoms with Crippen molar-refractivity contribution in [2.45, 2.75) is 37.1 Å². The van der Waals surface area contributed by atoms with Crippen LogP contribution in [0, 0.1) is 0 Å². The van der Waals surface area contributed by atoms with Crippen LogP contribution in [0.25, 0.3) is 0 Å². The zero-order chi connectivity index (χ0) is 19.6. The minimum Gasteiger partial charge on any atom is -0.494 e. The van der Waals surface area contributed by atoms with Gasteiger partial charge in [-0.25, -0.2) is 8.42 Å². The molecule has 6 nitrogen and oxygen atoms in total. The quantitative estimate of drug-likeness (QED) is 0.760. The molecule has 1 unspecified atom stereocenters. The Hall–Kier alpha value is -2.25. The van der Waals surface area contributed by atoms with Crippen LogP contribution in [0.1, 0.15) is 37.8 Å². The van der Waals surface area contributed by atoms with E-state index in [2.05, 4.69) is 0 Å². The van der Waals surface area contributed by atoms with Crippen molar-refractivity contribution >= 4 is 10.0 Å². The molecule has 1 atom stereocenters. The first-order valence-electron chi connectivity index (χ1n) is 9.74. The van der Waals surface area contributed by atoms with Crippen molar-refractivity contribution in [3.63, 3.8) is 0 Å². The van der Waals surface area contributed by atoms with Gasteiger partial charge in [-0.15, -0.1) is 0 Å². The van der Waals surface area contributed by atoms with Gasteiger partial charge in [0.05, 0.1) is 30.8 Å². The van der Waals surface area contributed by atoms with Crippen LogP contribution < -0.4 is 14.2 Å². The fourth-order valence-corrected chi connectivity index (χ4v) is 5.45. The second kappa shape index (κ2) is 8.01. The zero-order valence-electron chi connectivity index (χ0n) is 16.0. The molecule has 150 valence electrons. The molecule has 4 rings (SSSR count). The van der Waals surface area contributed by atoms with E-state index in [4.69, 9.17) is 14.2 Å². The van der Waals surface area contributed by atoms with Crippen molar-refractivity contribution in [3.05, 3.63) is 48.0 Å². The maximum atomic E-state index is 13.4. The van der Waals surface area contributed by atoms with Gasteiger partial charge in [-0.1, -0.05) is 12.1 Å². The summed E-state index contributed by atoms with van der Waals surface area (Å²) in [7, 11) is -3.64. The third-order valence-corrected chi connectivity index (χ3v) is 7.01. The molecule has 28 heavy (non-hydrogen) atoms. The molecular weight excluding hydrogens is 378 g/mol. The predicted molar refractivity (Wildman–Crippen MR) is 106 cm³/mol. The number of benzene rings is 2. The Morgan fingerprint density at radius 1 is 1.04 bits per heavy atom. The molecule has 1 fully saturated rings. The van der Waals surface area contributed by atoms with E-state index >= 15 is 0 Å². The molecule has 0 saturated carbocycles. The van der Waals surface area contributed by atoms with Crippen LogP contribution in [-0.2, 0) is 10.0 Å². The van der Waals surface area contributed by atoms with Crippen LogP contribution in [0.3, 0.4) is 0 Å². The summed E-state index contributed by atoms with van der Waals surface area (Å²) in [5, 5.41) is 0. The first-order chi connectivity index (χ1) is 13.6. The van der Waals surface area contributed by atoms with Gasteiger partial charge in [0.2, 0.25) is 10.0 Å². The number of nitrogens with zero attached hydrogens (tertiary/aromatic N) is 1. The van der Waals surface area contributed by atoms with Gasteiger partial charge in [0.25, 0.3) is 0 Å². The molecule has 0 amide bonds. The van der Waals surface area contributed by atoms with E-state index < -0.39 is 10.0 Å². The van der Waals surface area contributed by atoms with Gasteiger partial charge in [0.1, 0.15) is 5.75 Å². The Balaban J connectivity index is 1.62. The molecule has 0 spiro atoms. The molecule has 2 aliphatic rings. The number of hydrogen-bond donors (Lipinski definition) is 0. The predicted octanol–water partition coefficient (Wildman–Crippen LogP) is 3.77. The second-order valence-electron chi connectivity index (χ2n) is 6.93. The van der Waals surface area contributed by atoms with Gasteiger partial charge in [-0.3, -0.25) is 0 Å². The summed E-state index contributed by atoms with van der Waals surface area (Å²) in [6.07, 6.45) is 2.42. The topological polar surface area (TPSA) is 65.1 Å². The molecule has 2 aromatic rings. The average Bonchev–Trinajstić information content (AvgIpc) is 3.08. The summed E-state index contributed by atoms with van der Waals surface area (Å²) < 4.78 is 45.1.